The number of aryl methyl sites for hydroxylation is 2. The number of amides is 1. The predicted molar refractivity (Wildman–Crippen MR) is 72.8 cm³/mol. The lowest BCUT2D eigenvalue weighted by Gasteiger charge is -2.20. The van der Waals surface area contributed by atoms with Crippen molar-refractivity contribution in [3.63, 3.8) is 0 Å². The molecule has 0 atom stereocenters. The van der Waals surface area contributed by atoms with E-state index >= 15 is 0 Å². The van der Waals surface area contributed by atoms with Gasteiger partial charge in [0.1, 0.15) is 16.9 Å². The van der Waals surface area contributed by atoms with Crippen LogP contribution < -0.4 is 5.32 Å². The van der Waals surface area contributed by atoms with Gasteiger partial charge in [-0.25, -0.2) is 4.79 Å². The molecule has 1 rings (SSSR count). The smallest absolute Gasteiger partial charge is 0.328 e. The summed E-state index contributed by atoms with van der Waals surface area (Å²) in [7, 11) is 0. The minimum absolute atomic E-state index is 0.0180. The van der Waals surface area contributed by atoms with E-state index in [1.807, 2.05) is 0 Å². The van der Waals surface area contributed by atoms with Crippen LogP contribution in [0.1, 0.15) is 31.7 Å². The minimum Gasteiger partial charge on any atom is -0.480 e. The van der Waals surface area contributed by atoms with Crippen LogP contribution in [0.5, 0.6) is 0 Å². The maximum Gasteiger partial charge on any atom is 0.328 e. The molecule has 0 radical (unpaired) electrons. The first-order valence-electron chi connectivity index (χ1n) is 6.29. The molecule has 0 aliphatic rings. The number of aromatic nitrogens is 2. The minimum atomic E-state index is -1.36. The highest BCUT2D eigenvalue weighted by atomic mass is 16.6. The SMILES string of the molecule is Cc1nn(CCC(=O)NC(C)(C)C(=O)O)c(C)c1[N+](=O)[O-]. The van der Waals surface area contributed by atoms with Crippen molar-refractivity contribution in [2.45, 2.75) is 46.2 Å². The number of nitro groups is 1. The van der Waals surface area contributed by atoms with Crippen molar-refractivity contribution in [2.24, 2.45) is 0 Å². The molecule has 0 bridgehead atoms. The molecule has 1 amide bonds. The molecule has 0 unspecified atom stereocenters. The second kappa shape index (κ2) is 5.90. The summed E-state index contributed by atoms with van der Waals surface area (Å²) in [6, 6.07) is 0. The van der Waals surface area contributed by atoms with Gasteiger partial charge in [0, 0.05) is 6.42 Å². The second-order valence-electron chi connectivity index (χ2n) is 5.23. The normalized spacial score (nSPS) is 11.2. The highest BCUT2D eigenvalue weighted by Gasteiger charge is 2.29. The molecule has 0 aliphatic heterocycles. The molecule has 0 aliphatic carbocycles. The topological polar surface area (TPSA) is 127 Å². The van der Waals surface area contributed by atoms with E-state index in [9.17, 15) is 19.7 Å². The Hall–Kier alpha value is -2.45. The van der Waals surface area contributed by atoms with E-state index in [1.54, 1.807) is 6.92 Å². The number of carboxylic acids is 1. The summed E-state index contributed by atoms with van der Waals surface area (Å²) in [5.74, 6) is -1.60. The van der Waals surface area contributed by atoms with Crippen molar-refractivity contribution < 1.29 is 19.6 Å². The first kappa shape index (κ1) is 16.6. The third kappa shape index (κ3) is 3.77. The average Bonchev–Trinajstić information content (AvgIpc) is 2.60. The molecular weight excluding hydrogens is 280 g/mol. The molecule has 0 aromatic carbocycles. The molecule has 21 heavy (non-hydrogen) atoms. The maximum absolute atomic E-state index is 11.7. The number of aliphatic carboxylic acids is 1. The van der Waals surface area contributed by atoms with Crippen molar-refractivity contribution in [1.29, 1.82) is 0 Å². The Bertz CT molecular complexity index is 591. The fourth-order valence-corrected chi connectivity index (χ4v) is 1.84. The predicted octanol–water partition coefficient (Wildman–Crippen LogP) is 0.778. The molecule has 1 aromatic heterocycles. The second-order valence-corrected chi connectivity index (χ2v) is 5.23. The van der Waals surface area contributed by atoms with Crippen molar-refractivity contribution in [1.82, 2.24) is 15.1 Å². The largest absolute Gasteiger partial charge is 0.480 e. The third-order valence-corrected chi connectivity index (χ3v) is 3.06. The average molecular weight is 298 g/mol. The lowest BCUT2D eigenvalue weighted by molar-refractivity contribution is -0.386. The summed E-state index contributed by atoms with van der Waals surface area (Å²) in [4.78, 5) is 33.0. The Morgan fingerprint density at radius 2 is 2.00 bits per heavy atom. The molecule has 116 valence electrons. The van der Waals surface area contributed by atoms with Crippen LogP contribution in [0.4, 0.5) is 5.69 Å². The number of carboxylic acid groups (broad SMARTS) is 1. The van der Waals surface area contributed by atoms with Crippen LogP contribution in [0, 0.1) is 24.0 Å². The molecule has 9 heteroatoms. The number of nitrogens with zero attached hydrogens (tertiary/aromatic N) is 3. The number of nitrogens with one attached hydrogen (secondary N) is 1. The van der Waals surface area contributed by atoms with E-state index in [0.29, 0.717) is 5.69 Å². The van der Waals surface area contributed by atoms with E-state index in [0.717, 1.165) is 0 Å². The summed E-state index contributed by atoms with van der Waals surface area (Å²) in [5, 5.41) is 26.2. The molecule has 1 aromatic rings. The van der Waals surface area contributed by atoms with Gasteiger partial charge in [-0.1, -0.05) is 0 Å². The Morgan fingerprint density at radius 3 is 2.43 bits per heavy atom. The van der Waals surface area contributed by atoms with Gasteiger partial charge in [-0.15, -0.1) is 0 Å². The monoisotopic (exact) mass is 298 g/mol. The summed E-state index contributed by atoms with van der Waals surface area (Å²) in [6.45, 7) is 5.97. The summed E-state index contributed by atoms with van der Waals surface area (Å²) >= 11 is 0. The van der Waals surface area contributed by atoms with Gasteiger partial charge in [-0.3, -0.25) is 19.6 Å². The molecule has 2 N–H and O–H groups in total. The van der Waals surface area contributed by atoms with Crippen LogP contribution in [0.3, 0.4) is 0 Å². The molecule has 1 heterocycles. The molecular formula is C12H18N4O5. The van der Waals surface area contributed by atoms with Crippen LogP contribution in [0.2, 0.25) is 0 Å². The highest BCUT2D eigenvalue weighted by molar-refractivity contribution is 5.86. The first-order valence-corrected chi connectivity index (χ1v) is 6.29. The van der Waals surface area contributed by atoms with Crippen molar-refractivity contribution in [3.05, 3.63) is 21.5 Å². The number of carbonyl (C=O) groups excluding carboxylic acids is 1. The zero-order valence-corrected chi connectivity index (χ0v) is 12.3. The maximum atomic E-state index is 11.7. The molecule has 0 fully saturated rings. The van der Waals surface area contributed by atoms with Gasteiger partial charge in [0.05, 0.1) is 11.5 Å². The Kier molecular flexibility index (Phi) is 4.66. The van der Waals surface area contributed by atoms with Gasteiger partial charge in [-0.2, -0.15) is 5.10 Å². The summed E-state index contributed by atoms with van der Waals surface area (Å²) in [5.41, 5.74) is -0.786. The summed E-state index contributed by atoms with van der Waals surface area (Å²) < 4.78 is 1.38. The van der Waals surface area contributed by atoms with Gasteiger partial charge < -0.3 is 10.4 Å². The van der Waals surface area contributed by atoms with E-state index in [-0.39, 0.29) is 24.3 Å². The van der Waals surface area contributed by atoms with Gasteiger partial charge in [-0.05, 0) is 27.7 Å². The van der Waals surface area contributed by atoms with Crippen molar-refractivity contribution in [3.8, 4) is 0 Å². The number of hydrogen-bond acceptors (Lipinski definition) is 5. The van der Waals surface area contributed by atoms with Crippen LogP contribution in [-0.4, -0.2) is 37.2 Å². The molecule has 0 saturated carbocycles. The Balaban J connectivity index is 2.73. The van der Waals surface area contributed by atoms with E-state index in [2.05, 4.69) is 10.4 Å². The van der Waals surface area contributed by atoms with Crippen LogP contribution >= 0.6 is 0 Å². The van der Waals surface area contributed by atoms with Crippen molar-refractivity contribution in [2.75, 3.05) is 0 Å². The summed E-state index contributed by atoms with van der Waals surface area (Å²) in [6.07, 6.45) is -0.0180. The zero-order chi connectivity index (χ0) is 16.4. The lowest BCUT2D eigenvalue weighted by Crippen LogP contribution is -2.49. The van der Waals surface area contributed by atoms with Crippen LogP contribution in [-0.2, 0) is 16.1 Å². The Morgan fingerprint density at radius 1 is 1.43 bits per heavy atom. The first-order chi connectivity index (χ1) is 9.56. The standard InChI is InChI=1S/C12H18N4O5/c1-7-10(16(20)21)8(2)15(14-7)6-5-9(17)13-12(3,4)11(18)19/h5-6H2,1-4H3,(H,13,17)(H,18,19). The highest BCUT2D eigenvalue weighted by Crippen LogP contribution is 2.21. The van der Waals surface area contributed by atoms with Gasteiger partial charge in [0.25, 0.3) is 0 Å². The molecule has 0 saturated heterocycles. The van der Waals surface area contributed by atoms with Gasteiger partial charge in [0.2, 0.25) is 5.91 Å². The lowest BCUT2D eigenvalue weighted by atomic mass is 10.1. The van der Waals surface area contributed by atoms with Crippen molar-refractivity contribution >= 4 is 17.6 Å². The quantitative estimate of drug-likeness (QED) is 0.590. The fourth-order valence-electron chi connectivity index (χ4n) is 1.84. The number of hydrogen-bond donors (Lipinski definition) is 2. The number of carbonyl (C=O) groups is 2. The van der Waals surface area contributed by atoms with E-state index < -0.39 is 22.3 Å². The zero-order valence-electron chi connectivity index (χ0n) is 12.3. The van der Waals surface area contributed by atoms with Crippen LogP contribution in [0.25, 0.3) is 0 Å². The van der Waals surface area contributed by atoms with E-state index in [4.69, 9.17) is 5.11 Å². The van der Waals surface area contributed by atoms with Crippen LogP contribution in [0.15, 0.2) is 0 Å². The van der Waals surface area contributed by atoms with Gasteiger partial charge >= 0.3 is 11.7 Å². The molecule has 0 spiro atoms. The third-order valence-electron chi connectivity index (χ3n) is 3.06. The number of rotatable bonds is 6. The van der Waals surface area contributed by atoms with Gasteiger partial charge in [0.15, 0.2) is 0 Å². The van der Waals surface area contributed by atoms with E-state index in [1.165, 1.54) is 25.5 Å². The molecule has 9 nitrogen and oxygen atoms in total. The fraction of sp³-hybridized carbons (Fsp3) is 0.583. The Labute approximate surface area is 121 Å².